The zero-order valence-corrected chi connectivity index (χ0v) is 7.67. The predicted molar refractivity (Wildman–Crippen MR) is 50.4 cm³/mol. The van der Waals surface area contributed by atoms with Gasteiger partial charge in [0.1, 0.15) is 5.82 Å². The van der Waals surface area contributed by atoms with Crippen LogP contribution in [-0.4, -0.2) is 12.3 Å². The zero-order valence-electron chi connectivity index (χ0n) is 6.86. The third-order valence-corrected chi connectivity index (χ3v) is 2.99. The van der Waals surface area contributed by atoms with Gasteiger partial charge >= 0.3 is 0 Å². The molecule has 0 amide bonds. The fourth-order valence-electron chi connectivity index (χ4n) is 1.26. The highest BCUT2D eigenvalue weighted by atomic mass is 32.2. The molecule has 0 atom stereocenters. The van der Waals surface area contributed by atoms with E-state index >= 15 is 0 Å². The second-order valence-corrected chi connectivity index (χ2v) is 4.01. The van der Waals surface area contributed by atoms with Crippen LogP contribution >= 0.6 is 11.8 Å². The molecular weight excluding hydrogens is 173 g/mol. The highest BCUT2D eigenvalue weighted by Crippen LogP contribution is 2.32. The number of rotatable bonds is 0. The molecule has 3 heteroatoms. The lowest BCUT2D eigenvalue weighted by Crippen LogP contribution is -2.10. The van der Waals surface area contributed by atoms with E-state index in [-0.39, 0.29) is 5.82 Å². The number of benzene rings is 1. The molecule has 0 aliphatic carbocycles. The summed E-state index contributed by atoms with van der Waals surface area (Å²) in [5, 5.41) is 3.17. The minimum Gasteiger partial charge on any atom is -0.383 e. The van der Waals surface area contributed by atoms with Crippen LogP contribution in [0, 0.1) is 12.7 Å². The third-order valence-electron chi connectivity index (χ3n) is 1.94. The Bertz CT molecular complexity index is 281. The first-order chi connectivity index (χ1) is 5.77. The van der Waals surface area contributed by atoms with E-state index in [1.54, 1.807) is 24.8 Å². The van der Waals surface area contributed by atoms with Crippen LogP contribution in [0.5, 0.6) is 0 Å². The predicted octanol–water partition coefficient (Wildman–Crippen LogP) is 2.65. The van der Waals surface area contributed by atoms with Crippen LogP contribution in [0.4, 0.5) is 10.1 Å². The quantitative estimate of drug-likeness (QED) is 0.663. The molecule has 0 aromatic heterocycles. The van der Waals surface area contributed by atoms with Gasteiger partial charge in [-0.05, 0) is 24.6 Å². The Balaban J connectivity index is 2.49. The lowest BCUT2D eigenvalue weighted by Gasteiger charge is -2.17. The highest BCUT2D eigenvalue weighted by Gasteiger charge is 2.10. The Morgan fingerprint density at radius 3 is 3.17 bits per heavy atom. The monoisotopic (exact) mass is 183 g/mol. The van der Waals surface area contributed by atoms with Crippen LogP contribution in [0.25, 0.3) is 0 Å². The lowest BCUT2D eigenvalue weighted by molar-refractivity contribution is 0.617. The molecule has 1 N–H and O–H groups in total. The molecule has 12 heavy (non-hydrogen) atoms. The normalized spacial score (nSPS) is 15.2. The second-order valence-electron chi connectivity index (χ2n) is 2.87. The van der Waals surface area contributed by atoms with Gasteiger partial charge in [0.05, 0.1) is 5.69 Å². The van der Waals surface area contributed by atoms with Gasteiger partial charge in [0.25, 0.3) is 0 Å². The van der Waals surface area contributed by atoms with Gasteiger partial charge in [0.2, 0.25) is 0 Å². The van der Waals surface area contributed by atoms with Crippen molar-refractivity contribution in [2.24, 2.45) is 0 Å². The summed E-state index contributed by atoms with van der Waals surface area (Å²) in [4.78, 5) is 1.17. The molecule has 1 aromatic carbocycles. The van der Waals surface area contributed by atoms with Crippen molar-refractivity contribution in [1.82, 2.24) is 0 Å². The Labute approximate surface area is 75.4 Å². The molecule has 0 bridgehead atoms. The van der Waals surface area contributed by atoms with E-state index in [4.69, 9.17) is 0 Å². The number of anilines is 1. The van der Waals surface area contributed by atoms with Crippen molar-refractivity contribution >= 4 is 17.4 Å². The van der Waals surface area contributed by atoms with Crippen LogP contribution in [0.15, 0.2) is 17.0 Å². The maximum absolute atomic E-state index is 13.1. The number of hydrogen-bond acceptors (Lipinski definition) is 2. The second kappa shape index (κ2) is 2.98. The summed E-state index contributed by atoms with van der Waals surface area (Å²) >= 11 is 1.78. The van der Waals surface area contributed by atoms with Crippen molar-refractivity contribution in [3.05, 3.63) is 23.5 Å². The van der Waals surface area contributed by atoms with Crippen molar-refractivity contribution in [1.29, 1.82) is 0 Å². The van der Waals surface area contributed by atoms with Gasteiger partial charge < -0.3 is 5.32 Å². The zero-order chi connectivity index (χ0) is 8.55. The Morgan fingerprint density at radius 1 is 1.50 bits per heavy atom. The summed E-state index contributed by atoms with van der Waals surface area (Å²) in [7, 11) is 0. The molecule has 64 valence electrons. The first-order valence-electron chi connectivity index (χ1n) is 3.94. The average molecular weight is 183 g/mol. The van der Waals surface area contributed by atoms with Gasteiger partial charge in [-0.15, -0.1) is 11.8 Å². The van der Waals surface area contributed by atoms with Crippen LogP contribution in [0.3, 0.4) is 0 Å². The van der Waals surface area contributed by atoms with E-state index in [1.165, 1.54) is 4.90 Å². The van der Waals surface area contributed by atoms with Crippen LogP contribution in [0.2, 0.25) is 0 Å². The van der Waals surface area contributed by atoms with Crippen molar-refractivity contribution in [3.8, 4) is 0 Å². The van der Waals surface area contributed by atoms with Gasteiger partial charge in [0, 0.05) is 17.2 Å². The first kappa shape index (κ1) is 7.92. The molecule has 0 saturated heterocycles. The molecular formula is C9H10FNS. The van der Waals surface area contributed by atoms with Crippen molar-refractivity contribution in [2.45, 2.75) is 11.8 Å². The summed E-state index contributed by atoms with van der Waals surface area (Å²) in [6.45, 7) is 2.73. The first-order valence-corrected chi connectivity index (χ1v) is 4.93. The highest BCUT2D eigenvalue weighted by molar-refractivity contribution is 7.99. The number of thioether (sulfide) groups is 1. The van der Waals surface area contributed by atoms with Gasteiger partial charge in [-0.2, -0.15) is 0 Å². The summed E-state index contributed by atoms with van der Waals surface area (Å²) in [5.41, 5.74) is 1.67. The largest absolute Gasteiger partial charge is 0.383 e. The Kier molecular flexibility index (Phi) is 1.97. The topological polar surface area (TPSA) is 12.0 Å². The van der Waals surface area contributed by atoms with Gasteiger partial charge in [-0.1, -0.05) is 0 Å². The standard InChI is InChI=1S/C9H10FNS/c1-6-4-9-8(5-7(6)10)11-2-3-12-9/h4-5,11H,2-3H2,1H3. The summed E-state index contributed by atoms with van der Waals surface area (Å²) < 4.78 is 13.1. The molecule has 0 spiro atoms. The van der Waals surface area contributed by atoms with E-state index in [1.807, 2.05) is 6.07 Å². The molecule has 0 unspecified atom stereocenters. The minimum absolute atomic E-state index is 0.122. The summed E-state index contributed by atoms with van der Waals surface area (Å²) in [6, 6.07) is 3.48. The molecule has 0 saturated carbocycles. The Morgan fingerprint density at radius 2 is 2.33 bits per heavy atom. The van der Waals surface area contributed by atoms with Gasteiger partial charge in [-0.25, -0.2) is 4.39 Å². The number of hydrogen-bond donors (Lipinski definition) is 1. The minimum atomic E-state index is -0.122. The summed E-state index contributed by atoms with van der Waals surface area (Å²) in [6.07, 6.45) is 0. The lowest BCUT2D eigenvalue weighted by atomic mass is 10.2. The molecule has 1 aliphatic rings. The van der Waals surface area contributed by atoms with Crippen molar-refractivity contribution < 1.29 is 4.39 Å². The van der Waals surface area contributed by atoms with Crippen LogP contribution in [-0.2, 0) is 0 Å². The van der Waals surface area contributed by atoms with Crippen LogP contribution in [0.1, 0.15) is 5.56 Å². The number of aryl methyl sites for hydroxylation is 1. The summed E-state index contributed by atoms with van der Waals surface area (Å²) in [5.74, 6) is 0.946. The molecule has 1 heterocycles. The van der Waals surface area contributed by atoms with E-state index in [2.05, 4.69) is 5.32 Å². The van der Waals surface area contributed by atoms with Crippen LogP contribution < -0.4 is 5.32 Å². The molecule has 2 rings (SSSR count). The number of fused-ring (bicyclic) bond motifs is 1. The average Bonchev–Trinajstić information content (AvgIpc) is 2.07. The molecule has 1 aromatic rings. The molecule has 1 aliphatic heterocycles. The number of nitrogens with one attached hydrogen (secondary N) is 1. The Hall–Kier alpha value is -0.700. The maximum atomic E-state index is 13.1. The number of halogens is 1. The maximum Gasteiger partial charge on any atom is 0.128 e. The molecule has 1 nitrogen and oxygen atoms in total. The van der Waals surface area contributed by atoms with Crippen molar-refractivity contribution in [3.63, 3.8) is 0 Å². The van der Waals surface area contributed by atoms with Gasteiger partial charge in [0.15, 0.2) is 0 Å². The fourth-order valence-corrected chi connectivity index (χ4v) is 2.23. The molecule has 0 radical (unpaired) electrons. The van der Waals surface area contributed by atoms with E-state index in [0.29, 0.717) is 0 Å². The van der Waals surface area contributed by atoms with E-state index < -0.39 is 0 Å². The smallest absolute Gasteiger partial charge is 0.128 e. The fraction of sp³-hybridized carbons (Fsp3) is 0.333. The van der Waals surface area contributed by atoms with E-state index in [9.17, 15) is 4.39 Å². The SMILES string of the molecule is Cc1cc2c(cc1F)NCCS2. The van der Waals surface area contributed by atoms with Crippen molar-refractivity contribution in [2.75, 3.05) is 17.6 Å². The van der Waals surface area contributed by atoms with Gasteiger partial charge in [-0.3, -0.25) is 0 Å². The third kappa shape index (κ3) is 1.29. The molecule has 0 fully saturated rings. The van der Waals surface area contributed by atoms with E-state index in [0.717, 1.165) is 23.5 Å².